The normalized spacial score (nSPS) is 25.4. The minimum absolute atomic E-state index is 0.0774. The molecule has 2 aromatic carbocycles. The van der Waals surface area contributed by atoms with E-state index in [1.807, 2.05) is 30.0 Å². The van der Waals surface area contributed by atoms with Crippen LogP contribution in [0.3, 0.4) is 0 Å². The van der Waals surface area contributed by atoms with Gasteiger partial charge in [-0.1, -0.05) is 13.0 Å². The van der Waals surface area contributed by atoms with Crippen molar-refractivity contribution < 1.29 is 44.2 Å². The number of anilines is 4. The van der Waals surface area contributed by atoms with E-state index in [-0.39, 0.29) is 30.1 Å². The third-order valence-electron chi connectivity index (χ3n) is 12.9. The van der Waals surface area contributed by atoms with Crippen LogP contribution >= 0.6 is 0 Å². The quantitative estimate of drug-likeness (QED) is 0.121. The second-order valence-electron chi connectivity index (χ2n) is 16.7. The standard InChI is InChI=1S/C43H60N10O9/c1-3-31-39(45-25-12-20-61-21-13-25)49-40(37(47-31)38(44)56)46-26-4-7-32(34(22-26)60-2)51-14-10-27(11-15-51)50-16-18-52(19-17-50)36(55)24-62-28-5-6-29-30(23-28)43(59)53(42(29)58)33-8-9-35(54)48-41(33)57/h4-7,22-23,25,27,33,35,41-43,48,54,57-59H,3,8-21,24H2,1-2H3,(H2,44,56)(H2,45,46,49). The maximum Gasteiger partial charge on any atom is 0.271 e. The molecular weight excluding hydrogens is 801 g/mol. The summed E-state index contributed by atoms with van der Waals surface area (Å²) in [5.74, 6) is 1.22. The molecule has 0 bridgehead atoms. The van der Waals surface area contributed by atoms with E-state index in [9.17, 15) is 30.0 Å². The molecule has 62 heavy (non-hydrogen) atoms. The molecule has 6 heterocycles. The van der Waals surface area contributed by atoms with Crippen LogP contribution in [-0.4, -0.2) is 154 Å². The highest BCUT2D eigenvalue weighted by Crippen LogP contribution is 2.44. The van der Waals surface area contributed by atoms with Crippen LogP contribution < -0.4 is 36.1 Å². The average molecular weight is 861 g/mol. The number of rotatable bonds is 13. The zero-order valence-corrected chi connectivity index (χ0v) is 35.4. The number of hydrogen-bond acceptors (Lipinski definition) is 17. The number of fused-ring (bicyclic) bond motifs is 1. The second-order valence-corrected chi connectivity index (χ2v) is 16.7. The van der Waals surface area contributed by atoms with E-state index < -0.39 is 36.9 Å². The van der Waals surface area contributed by atoms with E-state index in [1.165, 1.54) is 4.90 Å². The lowest BCUT2D eigenvalue weighted by molar-refractivity contribution is -0.159. The number of piperazine rings is 1. The topological polar surface area (TPSA) is 244 Å². The van der Waals surface area contributed by atoms with Crippen LogP contribution in [0.1, 0.15) is 85.2 Å². The van der Waals surface area contributed by atoms with Crippen molar-refractivity contribution in [3.05, 3.63) is 58.9 Å². The fourth-order valence-corrected chi connectivity index (χ4v) is 9.43. The van der Waals surface area contributed by atoms with E-state index in [2.05, 4.69) is 30.7 Å². The highest BCUT2D eigenvalue weighted by atomic mass is 16.5. The van der Waals surface area contributed by atoms with Gasteiger partial charge in [0.25, 0.3) is 11.8 Å². The number of primary amides is 1. The van der Waals surface area contributed by atoms with Crippen LogP contribution in [0.5, 0.6) is 11.5 Å². The number of nitrogens with one attached hydrogen (secondary N) is 3. The Morgan fingerprint density at radius 1 is 0.887 bits per heavy atom. The van der Waals surface area contributed by atoms with E-state index >= 15 is 0 Å². The smallest absolute Gasteiger partial charge is 0.271 e. The summed E-state index contributed by atoms with van der Waals surface area (Å²) in [6, 6.07) is 10.8. The Balaban J connectivity index is 0.817. The van der Waals surface area contributed by atoms with Crippen molar-refractivity contribution in [2.75, 3.05) is 81.7 Å². The van der Waals surface area contributed by atoms with Crippen molar-refractivity contribution in [3.63, 3.8) is 0 Å². The molecule has 1 aromatic heterocycles. The Morgan fingerprint density at radius 2 is 1.63 bits per heavy atom. The Bertz CT molecular complexity index is 2060. The van der Waals surface area contributed by atoms with Crippen LogP contribution in [0.25, 0.3) is 0 Å². The Labute approximate surface area is 361 Å². The van der Waals surface area contributed by atoms with Crippen LogP contribution in [0.15, 0.2) is 36.4 Å². The van der Waals surface area contributed by atoms with Crippen LogP contribution in [0.2, 0.25) is 0 Å². The summed E-state index contributed by atoms with van der Waals surface area (Å²) < 4.78 is 17.3. The van der Waals surface area contributed by atoms with Gasteiger partial charge in [0.15, 0.2) is 23.9 Å². The fourth-order valence-electron chi connectivity index (χ4n) is 9.43. The summed E-state index contributed by atoms with van der Waals surface area (Å²) in [5.41, 5.74) is 9.13. The van der Waals surface area contributed by atoms with Gasteiger partial charge in [0.2, 0.25) is 0 Å². The number of hydrogen-bond donors (Lipinski definition) is 8. The first-order valence-electron chi connectivity index (χ1n) is 21.8. The summed E-state index contributed by atoms with van der Waals surface area (Å²) >= 11 is 0. The Morgan fingerprint density at radius 3 is 2.32 bits per heavy atom. The summed E-state index contributed by atoms with van der Waals surface area (Å²) in [7, 11) is 1.65. The number of amides is 2. The van der Waals surface area contributed by atoms with Crippen LogP contribution in [-0.2, 0) is 16.0 Å². The minimum Gasteiger partial charge on any atom is -0.495 e. The minimum atomic E-state index is -1.19. The van der Waals surface area contributed by atoms with Gasteiger partial charge in [0.1, 0.15) is 36.4 Å². The van der Waals surface area contributed by atoms with Gasteiger partial charge in [-0.25, -0.2) is 14.9 Å². The number of carbonyl (C=O) groups excluding carboxylic acids is 2. The van der Waals surface area contributed by atoms with Crippen molar-refractivity contribution in [1.29, 1.82) is 0 Å². The average Bonchev–Trinajstić information content (AvgIpc) is 3.53. The summed E-state index contributed by atoms with van der Waals surface area (Å²) in [6.45, 7) is 7.57. The first kappa shape index (κ1) is 43.8. The highest BCUT2D eigenvalue weighted by molar-refractivity contribution is 5.96. The number of carbonyl (C=O) groups is 2. The predicted octanol–water partition coefficient (Wildman–Crippen LogP) is 1.36. The lowest BCUT2D eigenvalue weighted by Gasteiger charge is -2.43. The Hall–Kier alpha value is -4.86. The van der Waals surface area contributed by atoms with E-state index in [4.69, 9.17) is 24.9 Å². The van der Waals surface area contributed by atoms with Crippen LogP contribution in [0, 0.1) is 0 Å². The molecule has 19 nitrogen and oxygen atoms in total. The van der Waals surface area contributed by atoms with Crippen molar-refractivity contribution >= 4 is 34.8 Å². The number of ether oxygens (including phenoxy) is 3. The van der Waals surface area contributed by atoms with E-state index in [0.29, 0.717) is 91.4 Å². The molecule has 5 unspecified atom stereocenters. The number of aromatic nitrogens is 2. The third kappa shape index (κ3) is 9.40. The molecule has 8 rings (SSSR count). The maximum absolute atomic E-state index is 13.2. The molecule has 5 aliphatic rings. The number of methoxy groups -OCH3 is 1. The lowest BCUT2D eigenvalue weighted by Crippen LogP contribution is -2.57. The zero-order chi connectivity index (χ0) is 43.5. The molecule has 0 spiro atoms. The fraction of sp³-hybridized carbons (Fsp3) is 0.581. The molecule has 0 radical (unpaired) electrons. The first-order valence-corrected chi connectivity index (χ1v) is 21.8. The molecule has 336 valence electrons. The van der Waals surface area contributed by atoms with Crippen molar-refractivity contribution in [2.45, 2.75) is 94.9 Å². The van der Waals surface area contributed by atoms with Gasteiger partial charge in [-0.15, -0.1) is 0 Å². The number of benzene rings is 2. The molecule has 4 saturated heterocycles. The number of aryl methyl sites for hydroxylation is 1. The number of nitrogens with zero attached hydrogens (tertiary/aromatic N) is 6. The first-order chi connectivity index (χ1) is 30.0. The SMILES string of the molecule is CCc1nc(C(N)=O)c(Nc2ccc(N3CCC(N4CCN(C(=O)COc5ccc6c(c5)C(O)N(C5CCC(O)NC5O)C6O)CC4)CC3)c(OC)c2)nc1NC1CCOCC1. The Kier molecular flexibility index (Phi) is 13.6. The van der Waals surface area contributed by atoms with Gasteiger partial charge in [-0.05, 0) is 69.2 Å². The third-order valence-corrected chi connectivity index (χ3v) is 12.9. The highest BCUT2D eigenvalue weighted by Gasteiger charge is 2.45. The van der Waals surface area contributed by atoms with E-state index in [0.717, 1.165) is 57.5 Å². The molecule has 5 aliphatic heterocycles. The number of piperidine rings is 2. The largest absolute Gasteiger partial charge is 0.495 e. The molecule has 5 atom stereocenters. The maximum atomic E-state index is 13.2. The molecule has 0 aliphatic carbocycles. The number of nitrogens with two attached hydrogens (primary N) is 1. The molecule has 0 saturated carbocycles. The van der Waals surface area contributed by atoms with E-state index in [1.54, 1.807) is 25.3 Å². The van der Waals surface area contributed by atoms with Crippen molar-refractivity contribution in [3.8, 4) is 11.5 Å². The molecule has 9 N–H and O–H groups in total. The summed E-state index contributed by atoms with van der Waals surface area (Å²) in [6.07, 6.45) is 0.675. The van der Waals surface area contributed by atoms with Gasteiger partial charge < -0.3 is 60.8 Å². The second kappa shape index (κ2) is 19.3. The summed E-state index contributed by atoms with van der Waals surface area (Å²) in [5, 5.41) is 51.8. The van der Waals surface area contributed by atoms with Gasteiger partial charge in [0.05, 0.1) is 24.5 Å². The number of aliphatic hydroxyl groups excluding tert-OH is 4. The summed E-state index contributed by atoms with van der Waals surface area (Å²) in [4.78, 5) is 43.2. The van der Waals surface area contributed by atoms with Gasteiger partial charge in [0, 0.05) is 87.4 Å². The molecule has 19 heteroatoms. The molecule has 4 fully saturated rings. The lowest BCUT2D eigenvalue weighted by atomic mass is 10.0. The van der Waals surface area contributed by atoms with Crippen LogP contribution in [0.4, 0.5) is 23.0 Å². The number of aliphatic hydroxyl groups is 4. The van der Waals surface area contributed by atoms with Gasteiger partial charge >= 0.3 is 0 Å². The predicted molar refractivity (Wildman–Crippen MR) is 229 cm³/mol. The molecule has 2 amide bonds. The van der Waals surface area contributed by atoms with Gasteiger partial charge in [-0.2, -0.15) is 0 Å². The van der Waals surface area contributed by atoms with Crippen molar-refractivity contribution in [2.24, 2.45) is 5.73 Å². The van der Waals surface area contributed by atoms with Gasteiger partial charge in [-0.3, -0.25) is 19.8 Å². The zero-order valence-electron chi connectivity index (χ0n) is 35.4. The monoisotopic (exact) mass is 860 g/mol. The molecule has 3 aromatic rings. The van der Waals surface area contributed by atoms with Crippen molar-refractivity contribution in [1.82, 2.24) is 30.0 Å². The molecular formula is C43H60N10O9.